The van der Waals surface area contributed by atoms with E-state index in [1.807, 2.05) is 54.6 Å². The molecular formula is C39H59N5O4. The SMILES string of the molecule is CCCN(CCC)C(=O)[C@@H]1CCCN(CCCCCC(=O)CNCCN2CCC(OC(=O)Nc3ccccc3-c3ccccc3)CC2)C1. The molecular weight excluding hydrogens is 602 g/mol. The van der Waals surface area contributed by atoms with E-state index >= 15 is 0 Å². The molecule has 9 heteroatoms. The Hall–Kier alpha value is -3.27. The molecule has 0 bridgehead atoms. The molecule has 2 saturated heterocycles. The Morgan fingerprint density at radius 2 is 1.56 bits per heavy atom. The minimum absolute atomic E-state index is 0.0968. The average molecular weight is 662 g/mol. The van der Waals surface area contributed by atoms with E-state index < -0.39 is 6.09 Å². The molecule has 2 N–H and O–H groups in total. The van der Waals surface area contributed by atoms with Crippen molar-refractivity contribution in [3.63, 3.8) is 0 Å². The molecule has 2 aliphatic heterocycles. The molecule has 2 aliphatic rings. The minimum Gasteiger partial charge on any atom is -0.446 e. The molecule has 0 aliphatic carbocycles. The van der Waals surface area contributed by atoms with E-state index in [0.717, 1.165) is 134 Å². The average Bonchev–Trinajstić information content (AvgIpc) is 3.11. The summed E-state index contributed by atoms with van der Waals surface area (Å²) < 4.78 is 5.76. The van der Waals surface area contributed by atoms with Crippen molar-refractivity contribution in [2.45, 2.75) is 84.2 Å². The summed E-state index contributed by atoms with van der Waals surface area (Å²) in [6, 6.07) is 17.8. The number of Topliss-reactive ketones (excluding diaryl/α,β-unsaturated/α-hetero) is 1. The predicted molar refractivity (Wildman–Crippen MR) is 194 cm³/mol. The number of hydrogen-bond donors (Lipinski definition) is 2. The molecule has 264 valence electrons. The molecule has 48 heavy (non-hydrogen) atoms. The zero-order valence-corrected chi connectivity index (χ0v) is 29.5. The Balaban J connectivity index is 1.01. The molecule has 2 aromatic carbocycles. The van der Waals surface area contributed by atoms with Gasteiger partial charge in [-0.25, -0.2) is 4.79 Å². The first-order valence-corrected chi connectivity index (χ1v) is 18.5. The van der Waals surface area contributed by atoms with Crippen LogP contribution in [-0.2, 0) is 14.3 Å². The van der Waals surface area contributed by atoms with Crippen LogP contribution in [0, 0.1) is 5.92 Å². The highest BCUT2D eigenvalue weighted by atomic mass is 16.6. The summed E-state index contributed by atoms with van der Waals surface area (Å²) in [7, 11) is 0. The van der Waals surface area contributed by atoms with Crippen LogP contribution in [0.15, 0.2) is 54.6 Å². The molecule has 4 rings (SSSR count). The van der Waals surface area contributed by atoms with Gasteiger partial charge in [-0.1, -0.05) is 68.8 Å². The standard InChI is InChI=1S/C39H59N5O4/c1-3-23-44(24-4-2)38(46)33-16-13-26-43(31-33)25-12-6-9-17-34(45)30-40-22-29-42-27-20-35(21-28-42)48-39(47)41-37-19-11-10-18-36(37)32-14-7-5-8-15-32/h5,7-8,10-11,14-15,18-19,33,35,40H,3-4,6,9,12-13,16-17,20-31H2,1-2H3,(H,41,47)/t33-/m1/s1. The Morgan fingerprint density at radius 1 is 0.833 bits per heavy atom. The molecule has 2 fully saturated rings. The highest BCUT2D eigenvalue weighted by molar-refractivity contribution is 5.91. The number of ketones is 1. The lowest BCUT2D eigenvalue weighted by Crippen LogP contribution is -2.45. The second-order valence-electron chi connectivity index (χ2n) is 13.5. The lowest BCUT2D eigenvalue weighted by atomic mass is 9.96. The summed E-state index contributed by atoms with van der Waals surface area (Å²) in [6.45, 7) is 12.8. The zero-order chi connectivity index (χ0) is 34.0. The van der Waals surface area contributed by atoms with E-state index in [-0.39, 0.29) is 17.8 Å². The van der Waals surface area contributed by atoms with Gasteiger partial charge in [-0.15, -0.1) is 0 Å². The molecule has 0 radical (unpaired) electrons. The van der Waals surface area contributed by atoms with Gasteiger partial charge in [0.1, 0.15) is 11.9 Å². The van der Waals surface area contributed by atoms with E-state index in [2.05, 4.69) is 39.2 Å². The number of nitrogens with one attached hydrogen (secondary N) is 2. The molecule has 2 amide bonds. The van der Waals surface area contributed by atoms with Crippen molar-refractivity contribution < 1.29 is 19.1 Å². The number of nitrogens with zero attached hydrogens (tertiary/aromatic N) is 3. The number of ether oxygens (including phenoxy) is 1. The van der Waals surface area contributed by atoms with Crippen LogP contribution in [0.25, 0.3) is 11.1 Å². The number of carbonyl (C=O) groups is 3. The van der Waals surface area contributed by atoms with Crippen molar-refractivity contribution in [2.24, 2.45) is 5.92 Å². The summed E-state index contributed by atoms with van der Waals surface area (Å²) in [5.41, 5.74) is 2.76. The van der Waals surface area contributed by atoms with Crippen LogP contribution in [0.1, 0.15) is 78.1 Å². The Bertz CT molecular complexity index is 1240. The lowest BCUT2D eigenvalue weighted by molar-refractivity contribution is -0.137. The predicted octanol–water partition coefficient (Wildman–Crippen LogP) is 6.45. The van der Waals surface area contributed by atoms with Gasteiger partial charge in [-0.3, -0.25) is 14.9 Å². The first-order chi connectivity index (χ1) is 23.5. The normalized spacial score (nSPS) is 17.6. The van der Waals surface area contributed by atoms with Crippen molar-refractivity contribution in [1.82, 2.24) is 20.0 Å². The maximum Gasteiger partial charge on any atom is 0.411 e. The number of para-hydroxylation sites is 1. The lowest BCUT2D eigenvalue weighted by Gasteiger charge is -2.35. The van der Waals surface area contributed by atoms with Crippen molar-refractivity contribution in [3.8, 4) is 11.1 Å². The second kappa shape index (κ2) is 21.0. The van der Waals surface area contributed by atoms with E-state index in [1.54, 1.807) is 0 Å². The molecule has 0 saturated carbocycles. The van der Waals surface area contributed by atoms with Gasteiger partial charge in [0.25, 0.3) is 0 Å². The zero-order valence-electron chi connectivity index (χ0n) is 29.5. The van der Waals surface area contributed by atoms with Gasteiger partial charge in [-0.05, 0) is 76.1 Å². The number of hydrogen-bond acceptors (Lipinski definition) is 7. The van der Waals surface area contributed by atoms with Crippen LogP contribution >= 0.6 is 0 Å². The summed E-state index contributed by atoms with van der Waals surface area (Å²) in [6.07, 6.45) is 8.92. The first kappa shape index (κ1) is 37.5. The summed E-state index contributed by atoms with van der Waals surface area (Å²) in [5, 5.41) is 6.27. The van der Waals surface area contributed by atoms with Gasteiger partial charge in [0, 0.05) is 57.8 Å². The Kier molecular flexibility index (Phi) is 16.4. The monoisotopic (exact) mass is 661 g/mol. The third-order valence-electron chi connectivity index (χ3n) is 9.57. The summed E-state index contributed by atoms with van der Waals surface area (Å²) >= 11 is 0. The van der Waals surface area contributed by atoms with Gasteiger partial charge < -0.3 is 24.8 Å². The fourth-order valence-electron chi connectivity index (χ4n) is 6.98. The molecule has 1 atom stereocenters. The summed E-state index contributed by atoms with van der Waals surface area (Å²) in [5.74, 6) is 0.767. The highest BCUT2D eigenvalue weighted by Gasteiger charge is 2.28. The van der Waals surface area contributed by atoms with Gasteiger partial charge in [0.2, 0.25) is 5.91 Å². The maximum atomic E-state index is 13.1. The van der Waals surface area contributed by atoms with Crippen LogP contribution in [0.4, 0.5) is 10.5 Å². The van der Waals surface area contributed by atoms with Crippen LogP contribution < -0.4 is 10.6 Å². The van der Waals surface area contributed by atoms with E-state index in [4.69, 9.17) is 4.74 Å². The van der Waals surface area contributed by atoms with Gasteiger partial charge in [-0.2, -0.15) is 0 Å². The van der Waals surface area contributed by atoms with Crippen LogP contribution in [0.2, 0.25) is 0 Å². The second-order valence-corrected chi connectivity index (χ2v) is 13.5. The number of piperidine rings is 2. The number of anilines is 1. The van der Waals surface area contributed by atoms with E-state index in [9.17, 15) is 14.4 Å². The van der Waals surface area contributed by atoms with Gasteiger partial charge in [0.05, 0.1) is 18.2 Å². The minimum atomic E-state index is -0.412. The van der Waals surface area contributed by atoms with Crippen molar-refractivity contribution in [3.05, 3.63) is 54.6 Å². The van der Waals surface area contributed by atoms with Crippen molar-refractivity contribution >= 4 is 23.5 Å². The summed E-state index contributed by atoms with van der Waals surface area (Å²) in [4.78, 5) is 45.1. The van der Waals surface area contributed by atoms with E-state index in [0.29, 0.717) is 18.9 Å². The number of unbranched alkanes of at least 4 members (excludes halogenated alkanes) is 2. The quantitative estimate of drug-likeness (QED) is 0.167. The van der Waals surface area contributed by atoms with E-state index in [1.165, 1.54) is 0 Å². The number of amides is 2. The van der Waals surface area contributed by atoms with Gasteiger partial charge >= 0.3 is 6.09 Å². The topological polar surface area (TPSA) is 94.2 Å². The molecule has 2 aromatic rings. The number of rotatable bonds is 19. The fraction of sp³-hybridized carbons (Fsp3) is 0.615. The fourth-order valence-corrected chi connectivity index (χ4v) is 6.98. The Labute approximate surface area is 288 Å². The largest absolute Gasteiger partial charge is 0.446 e. The molecule has 9 nitrogen and oxygen atoms in total. The number of benzene rings is 2. The third-order valence-corrected chi connectivity index (χ3v) is 9.57. The molecule has 0 spiro atoms. The van der Waals surface area contributed by atoms with Crippen LogP contribution in [0.5, 0.6) is 0 Å². The van der Waals surface area contributed by atoms with Crippen LogP contribution in [0.3, 0.4) is 0 Å². The van der Waals surface area contributed by atoms with Crippen molar-refractivity contribution in [2.75, 3.05) is 70.8 Å². The molecule has 0 unspecified atom stereocenters. The third kappa shape index (κ3) is 12.6. The molecule has 2 heterocycles. The van der Waals surface area contributed by atoms with Crippen LogP contribution in [-0.4, -0.2) is 104 Å². The van der Waals surface area contributed by atoms with Crippen molar-refractivity contribution in [1.29, 1.82) is 0 Å². The van der Waals surface area contributed by atoms with Gasteiger partial charge in [0.15, 0.2) is 0 Å². The first-order valence-electron chi connectivity index (χ1n) is 18.5. The molecule has 0 aromatic heterocycles. The maximum absolute atomic E-state index is 13.1. The highest BCUT2D eigenvalue weighted by Crippen LogP contribution is 2.28. The smallest absolute Gasteiger partial charge is 0.411 e. The number of likely N-dealkylation sites (tertiary alicyclic amines) is 2. The number of carbonyl (C=O) groups excluding carboxylic acids is 3. The Morgan fingerprint density at radius 3 is 2.31 bits per heavy atom.